The first-order valence-electron chi connectivity index (χ1n) is 7.50. The zero-order valence-electron chi connectivity index (χ0n) is 12.4. The van der Waals surface area contributed by atoms with Crippen LogP contribution in [0.1, 0.15) is 18.4 Å². The smallest absolute Gasteiger partial charge is 0.229 e. The van der Waals surface area contributed by atoms with E-state index >= 15 is 0 Å². The summed E-state index contributed by atoms with van der Waals surface area (Å²) in [6, 6.07) is 10.5. The fraction of sp³-hybridized carbons (Fsp3) is 0.235. The van der Waals surface area contributed by atoms with Crippen LogP contribution < -0.4 is 10.6 Å². The lowest BCUT2D eigenvalue weighted by molar-refractivity contribution is 1.06. The fourth-order valence-electron chi connectivity index (χ4n) is 2.40. The minimum absolute atomic E-state index is 0.572. The minimum Gasteiger partial charge on any atom is -0.367 e. The molecule has 1 saturated carbocycles. The van der Waals surface area contributed by atoms with Crippen molar-refractivity contribution in [1.82, 2.24) is 15.0 Å². The molecule has 1 aromatic carbocycles. The number of aryl methyl sites for hydroxylation is 1. The van der Waals surface area contributed by atoms with Gasteiger partial charge >= 0.3 is 0 Å². The molecule has 5 heteroatoms. The molecule has 0 bridgehead atoms. The van der Waals surface area contributed by atoms with Gasteiger partial charge in [0.1, 0.15) is 5.82 Å². The van der Waals surface area contributed by atoms with E-state index in [9.17, 15) is 0 Å². The van der Waals surface area contributed by atoms with Crippen molar-refractivity contribution >= 4 is 28.4 Å². The average molecular weight is 291 g/mol. The number of rotatable bonds is 4. The lowest BCUT2D eigenvalue weighted by Gasteiger charge is -2.11. The van der Waals surface area contributed by atoms with Crippen molar-refractivity contribution in [3.8, 4) is 0 Å². The second-order valence-corrected chi connectivity index (χ2v) is 5.64. The molecule has 4 rings (SSSR count). The average Bonchev–Trinajstić information content (AvgIpc) is 3.35. The summed E-state index contributed by atoms with van der Waals surface area (Å²) in [5.74, 6) is 1.52. The first kappa shape index (κ1) is 13.0. The molecule has 5 nitrogen and oxygen atoms in total. The van der Waals surface area contributed by atoms with Gasteiger partial charge in [-0.1, -0.05) is 6.07 Å². The highest BCUT2D eigenvalue weighted by molar-refractivity contribution is 5.92. The van der Waals surface area contributed by atoms with Gasteiger partial charge in [-0.05, 0) is 44.0 Å². The van der Waals surface area contributed by atoms with Gasteiger partial charge in [0.15, 0.2) is 0 Å². The van der Waals surface area contributed by atoms with Crippen LogP contribution in [0.25, 0.3) is 10.9 Å². The van der Waals surface area contributed by atoms with Crippen LogP contribution in [0.15, 0.2) is 42.7 Å². The van der Waals surface area contributed by atoms with Gasteiger partial charge in [0.25, 0.3) is 0 Å². The molecule has 0 amide bonds. The number of fused-ring (bicyclic) bond motifs is 1. The van der Waals surface area contributed by atoms with E-state index in [1.165, 1.54) is 12.8 Å². The Bertz CT molecular complexity index is 821. The van der Waals surface area contributed by atoms with Gasteiger partial charge in [-0.25, -0.2) is 4.98 Å². The van der Waals surface area contributed by atoms with Crippen LogP contribution >= 0.6 is 0 Å². The van der Waals surface area contributed by atoms with Crippen LogP contribution in [0.3, 0.4) is 0 Å². The number of anilines is 3. The van der Waals surface area contributed by atoms with E-state index in [-0.39, 0.29) is 0 Å². The normalized spacial score (nSPS) is 14.0. The molecule has 2 heterocycles. The largest absolute Gasteiger partial charge is 0.367 e. The molecule has 3 aromatic rings. The lowest BCUT2D eigenvalue weighted by atomic mass is 10.2. The predicted molar refractivity (Wildman–Crippen MR) is 88.4 cm³/mol. The molecule has 2 aromatic heterocycles. The molecular weight excluding hydrogens is 274 g/mol. The molecule has 22 heavy (non-hydrogen) atoms. The number of hydrogen-bond donors (Lipinski definition) is 2. The Morgan fingerprint density at radius 1 is 1.09 bits per heavy atom. The van der Waals surface area contributed by atoms with Crippen molar-refractivity contribution in [2.45, 2.75) is 25.8 Å². The van der Waals surface area contributed by atoms with Crippen molar-refractivity contribution in [2.24, 2.45) is 0 Å². The van der Waals surface area contributed by atoms with Crippen molar-refractivity contribution in [3.63, 3.8) is 0 Å². The highest BCUT2D eigenvalue weighted by Gasteiger charge is 2.22. The summed E-state index contributed by atoms with van der Waals surface area (Å²) in [6.45, 7) is 2.02. The summed E-state index contributed by atoms with van der Waals surface area (Å²) in [4.78, 5) is 13.4. The molecule has 0 saturated heterocycles. The summed E-state index contributed by atoms with van der Waals surface area (Å²) >= 11 is 0. The Morgan fingerprint density at radius 3 is 2.86 bits per heavy atom. The molecule has 1 fully saturated rings. The number of hydrogen-bond acceptors (Lipinski definition) is 5. The topological polar surface area (TPSA) is 62.7 Å². The van der Waals surface area contributed by atoms with E-state index in [0.717, 1.165) is 28.0 Å². The standard InChI is InChI=1S/C17H17N5/c1-11-10-19-17(22-16(11)20-12-7-8-12)21-15-6-2-5-14-13(15)4-3-9-18-14/h2-6,9-10,12H,7-8H2,1H3,(H2,19,20,21,22). The molecule has 2 N–H and O–H groups in total. The second-order valence-electron chi connectivity index (χ2n) is 5.64. The van der Waals surface area contributed by atoms with Crippen LogP contribution in [0.5, 0.6) is 0 Å². The number of benzene rings is 1. The van der Waals surface area contributed by atoms with E-state index in [1.807, 2.05) is 43.5 Å². The van der Waals surface area contributed by atoms with Crippen LogP contribution in [-0.4, -0.2) is 21.0 Å². The van der Waals surface area contributed by atoms with Gasteiger partial charge in [-0.3, -0.25) is 4.98 Å². The molecule has 0 radical (unpaired) electrons. The Labute approximate surface area is 128 Å². The SMILES string of the molecule is Cc1cnc(Nc2cccc3ncccc23)nc1NC1CC1. The number of nitrogens with zero attached hydrogens (tertiary/aromatic N) is 3. The van der Waals surface area contributed by atoms with E-state index in [1.54, 1.807) is 6.20 Å². The summed E-state index contributed by atoms with van der Waals surface area (Å²) in [6.07, 6.45) is 6.10. The van der Waals surface area contributed by atoms with E-state index in [4.69, 9.17) is 0 Å². The maximum absolute atomic E-state index is 4.60. The lowest BCUT2D eigenvalue weighted by Crippen LogP contribution is -2.07. The Hall–Kier alpha value is -2.69. The number of aromatic nitrogens is 3. The first-order chi connectivity index (χ1) is 10.8. The summed E-state index contributed by atoms with van der Waals surface area (Å²) in [5.41, 5.74) is 2.99. The molecule has 0 atom stereocenters. The Morgan fingerprint density at radius 2 is 2.00 bits per heavy atom. The molecule has 0 spiro atoms. The molecule has 1 aliphatic carbocycles. The second kappa shape index (κ2) is 5.26. The zero-order chi connectivity index (χ0) is 14.9. The Kier molecular flexibility index (Phi) is 3.11. The minimum atomic E-state index is 0.572. The third kappa shape index (κ3) is 2.57. The third-order valence-electron chi connectivity index (χ3n) is 3.78. The van der Waals surface area contributed by atoms with Crippen molar-refractivity contribution in [2.75, 3.05) is 10.6 Å². The van der Waals surface area contributed by atoms with Crippen LogP contribution in [0.2, 0.25) is 0 Å². The van der Waals surface area contributed by atoms with Crippen molar-refractivity contribution in [1.29, 1.82) is 0 Å². The van der Waals surface area contributed by atoms with Crippen molar-refractivity contribution < 1.29 is 0 Å². The first-order valence-corrected chi connectivity index (χ1v) is 7.50. The third-order valence-corrected chi connectivity index (χ3v) is 3.78. The van der Waals surface area contributed by atoms with Gasteiger partial charge in [0, 0.05) is 29.4 Å². The molecule has 0 aliphatic heterocycles. The summed E-state index contributed by atoms with van der Waals surface area (Å²) in [7, 11) is 0. The Balaban J connectivity index is 1.67. The highest BCUT2D eigenvalue weighted by atomic mass is 15.2. The molecular formula is C17H17N5. The van der Waals surface area contributed by atoms with Gasteiger partial charge in [-0.15, -0.1) is 0 Å². The van der Waals surface area contributed by atoms with Gasteiger partial charge in [-0.2, -0.15) is 4.98 Å². The molecule has 0 unspecified atom stereocenters. The van der Waals surface area contributed by atoms with Gasteiger partial charge in [0.05, 0.1) is 11.2 Å². The maximum Gasteiger partial charge on any atom is 0.229 e. The number of nitrogens with one attached hydrogen (secondary N) is 2. The zero-order valence-corrected chi connectivity index (χ0v) is 12.4. The number of pyridine rings is 1. The molecule has 1 aliphatic rings. The monoisotopic (exact) mass is 291 g/mol. The van der Waals surface area contributed by atoms with E-state index in [0.29, 0.717) is 12.0 Å². The van der Waals surface area contributed by atoms with Crippen LogP contribution in [-0.2, 0) is 0 Å². The quantitative estimate of drug-likeness (QED) is 0.768. The predicted octanol–water partition coefficient (Wildman–Crippen LogP) is 3.65. The summed E-state index contributed by atoms with van der Waals surface area (Å²) < 4.78 is 0. The van der Waals surface area contributed by atoms with Crippen LogP contribution in [0, 0.1) is 6.92 Å². The maximum atomic E-state index is 4.60. The van der Waals surface area contributed by atoms with Crippen molar-refractivity contribution in [3.05, 3.63) is 48.3 Å². The van der Waals surface area contributed by atoms with Crippen LogP contribution in [0.4, 0.5) is 17.5 Å². The van der Waals surface area contributed by atoms with Gasteiger partial charge in [0.2, 0.25) is 5.95 Å². The van der Waals surface area contributed by atoms with E-state index < -0.39 is 0 Å². The fourth-order valence-corrected chi connectivity index (χ4v) is 2.40. The molecule has 110 valence electrons. The van der Waals surface area contributed by atoms with E-state index in [2.05, 4.69) is 25.6 Å². The summed E-state index contributed by atoms with van der Waals surface area (Å²) in [5, 5.41) is 7.81. The van der Waals surface area contributed by atoms with Gasteiger partial charge < -0.3 is 10.6 Å². The highest BCUT2D eigenvalue weighted by Crippen LogP contribution is 2.27.